The van der Waals surface area contributed by atoms with Gasteiger partial charge in [0.2, 0.25) is 0 Å². The molecule has 0 bridgehead atoms. The van der Waals surface area contributed by atoms with Gasteiger partial charge in [0.05, 0.1) is 25.4 Å². The maximum absolute atomic E-state index is 5.95. The van der Waals surface area contributed by atoms with Gasteiger partial charge in [-0.3, -0.25) is 0 Å². The molecule has 0 aliphatic carbocycles. The first-order chi connectivity index (χ1) is 8.56. The quantitative estimate of drug-likeness (QED) is 0.759. The van der Waals surface area contributed by atoms with Crippen molar-refractivity contribution in [1.82, 2.24) is 0 Å². The third-order valence-electron chi connectivity index (χ3n) is 2.49. The fourth-order valence-corrected chi connectivity index (χ4v) is 1.71. The van der Waals surface area contributed by atoms with Gasteiger partial charge in [-0.1, -0.05) is 6.07 Å². The molecule has 102 valence electrons. The van der Waals surface area contributed by atoms with Crippen LogP contribution in [0.1, 0.15) is 32.4 Å². The monoisotopic (exact) mass is 253 g/mol. The summed E-state index contributed by atoms with van der Waals surface area (Å²) >= 11 is 0. The first-order valence-corrected chi connectivity index (χ1v) is 6.23. The van der Waals surface area contributed by atoms with Gasteiger partial charge in [0.25, 0.3) is 0 Å². The molecule has 2 N–H and O–H groups in total. The number of ether oxygens (including phenoxy) is 3. The van der Waals surface area contributed by atoms with E-state index in [1.165, 1.54) is 0 Å². The number of methoxy groups -OCH3 is 1. The van der Waals surface area contributed by atoms with Crippen molar-refractivity contribution in [2.75, 3.05) is 20.3 Å². The van der Waals surface area contributed by atoms with Gasteiger partial charge in [-0.05, 0) is 32.9 Å². The SMILES string of the molecule is COc1cccc(OCCOC(C)C)c1C(C)N. The minimum absolute atomic E-state index is 0.137. The van der Waals surface area contributed by atoms with E-state index in [-0.39, 0.29) is 12.1 Å². The average molecular weight is 253 g/mol. The van der Waals surface area contributed by atoms with Gasteiger partial charge in [-0.2, -0.15) is 0 Å². The highest BCUT2D eigenvalue weighted by Gasteiger charge is 2.14. The lowest BCUT2D eigenvalue weighted by molar-refractivity contribution is 0.0549. The Kier molecular flexibility index (Phi) is 5.95. The third-order valence-corrected chi connectivity index (χ3v) is 2.49. The van der Waals surface area contributed by atoms with Gasteiger partial charge in [0.15, 0.2) is 0 Å². The van der Waals surface area contributed by atoms with E-state index in [4.69, 9.17) is 19.9 Å². The number of nitrogens with two attached hydrogens (primary N) is 1. The summed E-state index contributed by atoms with van der Waals surface area (Å²) in [6.07, 6.45) is 0.215. The molecule has 1 unspecified atom stereocenters. The second kappa shape index (κ2) is 7.24. The Balaban J connectivity index is 2.69. The average Bonchev–Trinajstić information content (AvgIpc) is 2.33. The maximum Gasteiger partial charge on any atom is 0.127 e. The van der Waals surface area contributed by atoms with Gasteiger partial charge in [-0.15, -0.1) is 0 Å². The zero-order chi connectivity index (χ0) is 13.5. The lowest BCUT2D eigenvalue weighted by Crippen LogP contribution is -2.14. The molecule has 0 aliphatic heterocycles. The van der Waals surface area contributed by atoms with Crippen molar-refractivity contribution in [3.8, 4) is 11.5 Å². The first-order valence-electron chi connectivity index (χ1n) is 6.23. The fourth-order valence-electron chi connectivity index (χ4n) is 1.71. The molecule has 0 aromatic heterocycles. The molecule has 0 amide bonds. The minimum atomic E-state index is -0.137. The molecule has 0 spiro atoms. The van der Waals surface area contributed by atoms with E-state index in [1.54, 1.807) is 7.11 Å². The number of benzene rings is 1. The van der Waals surface area contributed by atoms with Crippen molar-refractivity contribution in [2.24, 2.45) is 5.73 Å². The lowest BCUT2D eigenvalue weighted by atomic mass is 10.1. The third kappa shape index (κ3) is 4.20. The van der Waals surface area contributed by atoms with Crippen LogP contribution in [0, 0.1) is 0 Å². The van der Waals surface area contributed by atoms with Crippen molar-refractivity contribution in [3.63, 3.8) is 0 Å². The number of rotatable bonds is 7. The molecule has 1 rings (SSSR count). The number of hydrogen-bond acceptors (Lipinski definition) is 4. The van der Waals surface area contributed by atoms with Gasteiger partial charge in [-0.25, -0.2) is 0 Å². The smallest absolute Gasteiger partial charge is 0.127 e. The summed E-state index contributed by atoms with van der Waals surface area (Å²) in [6, 6.07) is 5.54. The second-order valence-corrected chi connectivity index (χ2v) is 4.43. The molecule has 0 radical (unpaired) electrons. The van der Waals surface area contributed by atoms with E-state index in [9.17, 15) is 0 Å². The normalized spacial score (nSPS) is 12.6. The Hall–Kier alpha value is -1.26. The van der Waals surface area contributed by atoms with E-state index >= 15 is 0 Å². The Labute approximate surface area is 109 Å². The summed E-state index contributed by atoms with van der Waals surface area (Å²) in [5.41, 5.74) is 6.85. The summed E-state index contributed by atoms with van der Waals surface area (Å²) < 4.78 is 16.4. The number of hydrogen-bond donors (Lipinski definition) is 1. The molecule has 1 aromatic rings. The van der Waals surface area contributed by atoms with Crippen molar-refractivity contribution < 1.29 is 14.2 Å². The highest BCUT2D eigenvalue weighted by molar-refractivity contribution is 5.46. The predicted octanol–water partition coefficient (Wildman–Crippen LogP) is 2.52. The van der Waals surface area contributed by atoms with Crippen LogP contribution in [-0.4, -0.2) is 26.4 Å². The lowest BCUT2D eigenvalue weighted by Gasteiger charge is -2.17. The molecule has 0 saturated carbocycles. The highest BCUT2D eigenvalue weighted by atomic mass is 16.5. The topological polar surface area (TPSA) is 53.7 Å². The molecule has 18 heavy (non-hydrogen) atoms. The fraction of sp³-hybridized carbons (Fsp3) is 0.571. The standard InChI is InChI=1S/C14H23NO3/c1-10(2)17-8-9-18-13-7-5-6-12(16-4)14(13)11(3)15/h5-7,10-11H,8-9,15H2,1-4H3. The van der Waals surface area contributed by atoms with E-state index in [2.05, 4.69) is 0 Å². The van der Waals surface area contributed by atoms with Crippen LogP contribution in [0.3, 0.4) is 0 Å². The Morgan fingerprint density at radius 2 is 1.78 bits per heavy atom. The van der Waals surface area contributed by atoms with E-state index < -0.39 is 0 Å². The van der Waals surface area contributed by atoms with Gasteiger partial charge >= 0.3 is 0 Å². The van der Waals surface area contributed by atoms with E-state index in [0.717, 1.165) is 17.1 Å². The summed E-state index contributed by atoms with van der Waals surface area (Å²) in [6.45, 7) is 6.98. The van der Waals surface area contributed by atoms with Crippen molar-refractivity contribution in [3.05, 3.63) is 23.8 Å². The predicted molar refractivity (Wildman–Crippen MR) is 72.2 cm³/mol. The first kappa shape index (κ1) is 14.8. The van der Waals surface area contributed by atoms with Crippen LogP contribution in [0.4, 0.5) is 0 Å². The van der Waals surface area contributed by atoms with Gasteiger partial charge in [0, 0.05) is 6.04 Å². The summed E-state index contributed by atoms with van der Waals surface area (Å²) in [7, 11) is 1.63. The molecule has 0 fully saturated rings. The van der Waals surface area contributed by atoms with E-state index in [1.807, 2.05) is 39.0 Å². The molecule has 4 heteroatoms. The second-order valence-electron chi connectivity index (χ2n) is 4.43. The Morgan fingerprint density at radius 1 is 1.11 bits per heavy atom. The van der Waals surface area contributed by atoms with Crippen LogP contribution < -0.4 is 15.2 Å². The van der Waals surface area contributed by atoms with Gasteiger partial charge < -0.3 is 19.9 Å². The molecule has 0 aliphatic rings. The largest absolute Gasteiger partial charge is 0.496 e. The summed E-state index contributed by atoms with van der Waals surface area (Å²) in [5, 5.41) is 0. The van der Waals surface area contributed by atoms with Crippen LogP contribution in [-0.2, 0) is 4.74 Å². The molecular weight excluding hydrogens is 230 g/mol. The van der Waals surface area contributed by atoms with Crippen LogP contribution in [0.2, 0.25) is 0 Å². The molecular formula is C14H23NO3. The van der Waals surface area contributed by atoms with Crippen LogP contribution in [0.15, 0.2) is 18.2 Å². The van der Waals surface area contributed by atoms with Gasteiger partial charge in [0.1, 0.15) is 18.1 Å². The Bertz CT molecular complexity index is 364. The van der Waals surface area contributed by atoms with Crippen LogP contribution >= 0.6 is 0 Å². The molecule has 1 atom stereocenters. The van der Waals surface area contributed by atoms with Crippen LogP contribution in [0.25, 0.3) is 0 Å². The van der Waals surface area contributed by atoms with Crippen molar-refractivity contribution in [1.29, 1.82) is 0 Å². The maximum atomic E-state index is 5.95. The minimum Gasteiger partial charge on any atom is -0.496 e. The van der Waals surface area contributed by atoms with E-state index in [0.29, 0.717) is 13.2 Å². The highest BCUT2D eigenvalue weighted by Crippen LogP contribution is 2.32. The van der Waals surface area contributed by atoms with Crippen LogP contribution in [0.5, 0.6) is 11.5 Å². The zero-order valence-corrected chi connectivity index (χ0v) is 11.6. The summed E-state index contributed by atoms with van der Waals surface area (Å²) in [4.78, 5) is 0. The Morgan fingerprint density at radius 3 is 2.33 bits per heavy atom. The summed E-state index contributed by atoms with van der Waals surface area (Å²) in [5.74, 6) is 1.52. The molecule has 4 nitrogen and oxygen atoms in total. The van der Waals surface area contributed by atoms with Crippen molar-refractivity contribution in [2.45, 2.75) is 32.9 Å². The van der Waals surface area contributed by atoms with Crippen molar-refractivity contribution >= 4 is 0 Å². The zero-order valence-electron chi connectivity index (χ0n) is 11.6. The molecule has 0 heterocycles. The molecule has 0 saturated heterocycles. The molecule has 1 aromatic carbocycles.